The maximum atomic E-state index is 12.9. The monoisotopic (exact) mass is 428 g/mol. The van der Waals surface area contributed by atoms with Crippen molar-refractivity contribution >= 4 is 28.8 Å². The number of benzene rings is 1. The second-order valence-corrected chi connectivity index (χ2v) is 8.10. The van der Waals surface area contributed by atoms with Gasteiger partial charge in [-0.15, -0.1) is 11.3 Å². The van der Waals surface area contributed by atoms with Crippen molar-refractivity contribution < 1.29 is 19.4 Å². The molecule has 1 aromatic heterocycles. The third-order valence-electron chi connectivity index (χ3n) is 5.48. The standard InChI is InChI=1S/C23H28N2O4S/c1-4-24(5-2)13-7-14-25-20(18-8-6-15-30-18)19(22(27)23(25)28)21(26)16-9-11-17(29-3)12-10-16/h6,8-12,15,20,26H,4-5,7,13-14H2,1-3H3/t20-/m0/s1. The van der Waals surface area contributed by atoms with Crippen molar-refractivity contribution in [3.63, 3.8) is 0 Å². The average Bonchev–Trinajstić information content (AvgIpc) is 3.38. The number of carbonyl (C=O) groups is 2. The summed E-state index contributed by atoms with van der Waals surface area (Å²) in [7, 11) is 1.56. The summed E-state index contributed by atoms with van der Waals surface area (Å²) in [5, 5.41) is 12.9. The number of nitrogens with zero attached hydrogens (tertiary/aromatic N) is 2. The molecule has 0 unspecified atom stereocenters. The van der Waals surface area contributed by atoms with Crippen molar-refractivity contribution in [3.05, 3.63) is 57.8 Å². The third kappa shape index (κ3) is 4.42. The zero-order valence-corrected chi connectivity index (χ0v) is 18.4. The van der Waals surface area contributed by atoms with E-state index in [1.54, 1.807) is 36.3 Å². The van der Waals surface area contributed by atoms with Crippen LogP contribution in [0.15, 0.2) is 47.4 Å². The Morgan fingerprint density at radius 1 is 1.17 bits per heavy atom. The number of aliphatic hydroxyl groups excluding tert-OH is 1. The maximum absolute atomic E-state index is 12.9. The first-order valence-corrected chi connectivity index (χ1v) is 11.1. The summed E-state index contributed by atoms with van der Waals surface area (Å²) >= 11 is 1.48. The largest absolute Gasteiger partial charge is 0.507 e. The molecule has 1 aromatic carbocycles. The summed E-state index contributed by atoms with van der Waals surface area (Å²) in [4.78, 5) is 30.6. The molecule has 30 heavy (non-hydrogen) atoms. The minimum absolute atomic E-state index is 0.149. The SMILES string of the molecule is CCN(CC)CCCN1C(=O)C(=O)C(=C(O)c2ccc(OC)cc2)[C@@H]1c1cccs1. The van der Waals surface area contributed by atoms with Gasteiger partial charge in [-0.2, -0.15) is 0 Å². The number of rotatable bonds is 9. The molecule has 0 radical (unpaired) electrons. The highest BCUT2D eigenvalue weighted by molar-refractivity contribution is 7.10. The Bertz CT molecular complexity index is 902. The maximum Gasteiger partial charge on any atom is 0.295 e. The van der Waals surface area contributed by atoms with Crippen LogP contribution in [0.2, 0.25) is 0 Å². The Kier molecular flexibility index (Phi) is 7.29. The summed E-state index contributed by atoms with van der Waals surface area (Å²) in [5.41, 5.74) is 0.633. The first kappa shape index (κ1) is 22.1. The van der Waals surface area contributed by atoms with Gasteiger partial charge in [0.1, 0.15) is 11.5 Å². The van der Waals surface area contributed by atoms with Crippen molar-refractivity contribution in [2.75, 3.05) is 33.3 Å². The molecule has 0 spiro atoms. The summed E-state index contributed by atoms with van der Waals surface area (Å²) in [6.45, 7) is 7.42. The van der Waals surface area contributed by atoms with Gasteiger partial charge in [0.2, 0.25) is 0 Å². The number of aliphatic hydroxyl groups is 1. The summed E-state index contributed by atoms with van der Waals surface area (Å²) in [6.07, 6.45) is 0.763. The molecule has 2 heterocycles. The Morgan fingerprint density at radius 3 is 2.43 bits per heavy atom. The molecule has 3 rings (SSSR count). The van der Waals surface area contributed by atoms with Gasteiger partial charge in [-0.1, -0.05) is 19.9 Å². The Hall–Kier alpha value is -2.64. The van der Waals surface area contributed by atoms with Gasteiger partial charge in [-0.05, 0) is 61.8 Å². The van der Waals surface area contributed by atoms with Crippen molar-refractivity contribution in [1.82, 2.24) is 9.80 Å². The van der Waals surface area contributed by atoms with Crippen molar-refractivity contribution in [2.45, 2.75) is 26.3 Å². The topological polar surface area (TPSA) is 70.1 Å². The van der Waals surface area contributed by atoms with Crippen LogP contribution in [0.25, 0.3) is 5.76 Å². The first-order chi connectivity index (χ1) is 14.5. The second kappa shape index (κ2) is 9.91. The van der Waals surface area contributed by atoms with Crippen LogP contribution in [0.4, 0.5) is 0 Å². The van der Waals surface area contributed by atoms with Gasteiger partial charge >= 0.3 is 0 Å². The van der Waals surface area contributed by atoms with E-state index in [1.165, 1.54) is 11.3 Å². The molecule has 0 bridgehead atoms. The number of likely N-dealkylation sites (tertiary alicyclic amines) is 1. The first-order valence-electron chi connectivity index (χ1n) is 10.2. The molecule has 1 aliphatic rings. The van der Waals surface area contributed by atoms with Gasteiger partial charge in [0, 0.05) is 17.0 Å². The van der Waals surface area contributed by atoms with Crippen LogP contribution in [0.3, 0.4) is 0 Å². The molecule has 1 amide bonds. The molecule has 6 nitrogen and oxygen atoms in total. The molecule has 0 saturated carbocycles. The van der Waals surface area contributed by atoms with Gasteiger partial charge in [0.25, 0.3) is 11.7 Å². The minimum atomic E-state index is -0.635. The highest BCUT2D eigenvalue weighted by Gasteiger charge is 2.46. The van der Waals surface area contributed by atoms with E-state index in [9.17, 15) is 14.7 Å². The summed E-state index contributed by atoms with van der Waals surface area (Å²) in [5.74, 6) is -0.688. The highest BCUT2D eigenvalue weighted by Crippen LogP contribution is 2.41. The number of Topliss-reactive ketones (excluding diaryl/α,β-unsaturated/α-hetero) is 1. The van der Waals surface area contributed by atoms with E-state index in [4.69, 9.17) is 4.74 Å². The predicted molar refractivity (Wildman–Crippen MR) is 119 cm³/mol. The number of ketones is 1. The van der Waals surface area contributed by atoms with Gasteiger partial charge in [0.15, 0.2) is 0 Å². The zero-order chi connectivity index (χ0) is 21.7. The van der Waals surface area contributed by atoms with E-state index in [0.717, 1.165) is 30.9 Å². The van der Waals surface area contributed by atoms with Gasteiger partial charge in [-0.25, -0.2) is 0 Å². The van der Waals surface area contributed by atoms with Crippen LogP contribution in [0.1, 0.15) is 36.8 Å². The Labute approximate surface area is 181 Å². The number of hydrogen-bond acceptors (Lipinski definition) is 6. The van der Waals surface area contributed by atoms with E-state index in [2.05, 4.69) is 18.7 Å². The molecular formula is C23H28N2O4S. The van der Waals surface area contributed by atoms with E-state index >= 15 is 0 Å². The number of carbonyl (C=O) groups excluding carboxylic acids is 2. The second-order valence-electron chi connectivity index (χ2n) is 7.12. The minimum Gasteiger partial charge on any atom is -0.507 e. The lowest BCUT2D eigenvalue weighted by atomic mass is 10.00. The molecule has 1 saturated heterocycles. The van der Waals surface area contributed by atoms with Crippen LogP contribution < -0.4 is 4.74 Å². The van der Waals surface area contributed by atoms with Crippen LogP contribution in [-0.4, -0.2) is 59.9 Å². The van der Waals surface area contributed by atoms with E-state index in [-0.39, 0.29) is 11.3 Å². The van der Waals surface area contributed by atoms with Gasteiger partial charge in [0.05, 0.1) is 18.7 Å². The normalized spacial score (nSPS) is 18.4. The van der Waals surface area contributed by atoms with Crippen LogP contribution in [0.5, 0.6) is 5.75 Å². The third-order valence-corrected chi connectivity index (χ3v) is 6.41. The number of methoxy groups -OCH3 is 1. The van der Waals surface area contributed by atoms with E-state index < -0.39 is 17.7 Å². The van der Waals surface area contributed by atoms with E-state index in [0.29, 0.717) is 17.9 Å². The lowest BCUT2D eigenvalue weighted by Crippen LogP contribution is -2.33. The van der Waals surface area contributed by atoms with E-state index in [1.807, 2.05) is 17.5 Å². The number of amides is 1. The molecule has 1 fully saturated rings. The lowest BCUT2D eigenvalue weighted by molar-refractivity contribution is -0.139. The molecule has 160 valence electrons. The smallest absolute Gasteiger partial charge is 0.295 e. The summed E-state index contributed by atoms with van der Waals surface area (Å²) < 4.78 is 5.16. The van der Waals surface area contributed by atoms with Gasteiger partial charge < -0.3 is 19.6 Å². The van der Waals surface area contributed by atoms with Crippen LogP contribution >= 0.6 is 11.3 Å². The number of hydrogen-bond donors (Lipinski definition) is 1. The molecular weight excluding hydrogens is 400 g/mol. The lowest BCUT2D eigenvalue weighted by Gasteiger charge is -2.25. The fourth-order valence-electron chi connectivity index (χ4n) is 3.76. The Balaban J connectivity index is 1.95. The molecule has 0 aliphatic carbocycles. The number of thiophene rings is 1. The summed E-state index contributed by atoms with van der Waals surface area (Å²) in [6, 6.07) is 10.0. The van der Waals surface area contributed by atoms with Crippen molar-refractivity contribution in [2.24, 2.45) is 0 Å². The fraction of sp³-hybridized carbons (Fsp3) is 0.391. The predicted octanol–water partition coefficient (Wildman–Crippen LogP) is 3.91. The Morgan fingerprint density at radius 2 is 1.87 bits per heavy atom. The molecule has 1 aliphatic heterocycles. The number of ether oxygens (including phenoxy) is 1. The molecule has 1 atom stereocenters. The zero-order valence-electron chi connectivity index (χ0n) is 17.6. The fourth-order valence-corrected chi connectivity index (χ4v) is 4.61. The highest BCUT2D eigenvalue weighted by atomic mass is 32.1. The van der Waals surface area contributed by atoms with Crippen molar-refractivity contribution in [3.8, 4) is 5.75 Å². The molecule has 1 N–H and O–H groups in total. The van der Waals surface area contributed by atoms with Gasteiger partial charge in [-0.3, -0.25) is 9.59 Å². The van der Waals surface area contributed by atoms with Crippen LogP contribution in [0, 0.1) is 0 Å². The average molecular weight is 429 g/mol. The molecule has 2 aromatic rings. The van der Waals surface area contributed by atoms with Crippen LogP contribution in [-0.2, 0) is 9.59 Å². The van der Waals surface area contributed by atoms with Crippen molar-refractivity contribution in [1.29, 1.82) is 0 Å². The molecule has 7 heteroatoms. The quantitative estimate of drug-likeness (QED) is 0.373.